The molecule has 1 aromatic carbocycles. The Balaban J connectivity index is 2.37. The fraction of sp³-hybridized carbons (Fsp3) is 0.0909. The summed E-state index contributed by atoms with van der Waals surface area (Å²) in [7, 11) is 0. The number of rotatable bonds is 1. The number of primary amides is 1. The van der Waals surface area contributed by atoms with Crippen LogP contribution < -0.4 is 5.73 Å². The van der Waals surface area contributed by atoms with Gasteiger partial charge in [-0.05, 0) is 12.1 Å². The number of carbonyl (C=O) groups excluding carboxylic acids is 1. The highest BCUT2D eigenvalue weighted by molar-refractivity contribution is 5.97. The molecule has 1 aliphatic rings. The average molecular weight is 217 g/mol. The highest BCUT2D eigenvalue weighted by Gasteiger charge is 2.32. The van der Waals surface area contributed by atoms with Gasteiger partial charge in [0.05, 0.1) is 16.9 Å². The summed E-state index contributed by atoms with van der Waals surface area (Å²) in [6.07, 6.45) is 0.264. The quantitative estimate of drug-likeness (QED) is 0.783. The van der Waals surface area contributed by atoms with Crippen LogP contribution in [0.15, 0.2) is 30.5 Å². The summed E-state index contributed by atoms with van der Waals surface area (Å²) in [6, 6.07) is 6.43. The molecule has 0 spiro atoms. The van der Waals surface area contributed by atoms with Crippen molar-refractivity contribution in [2.75, 3.05) is 0 Å². The van der Waals surface area contributed by atoms with Gasteiger partial charge < -0.3 is 5.73 Å². The van der Waals surface area contributed by atoms with E-state index in [1.165, 1.54) is 10.9 Å². The molecule has 1 aromatic heterocycles. The van der Waals surface area contributed by atoms with E-state index < -0.39 is 12.1 Å². The number of halogens is 1. The first-order valence-electron chi connectivity index (χ1n) is 4.81. The molecule has 0 fully saturated rings. The lowest BCUT2D eigenvalue weighted by atomic mass is 10.1. The molecule has 1 unspecified atom stereocenters. The molecule has 80 valence electrons. The highest BCUT2D eigenvalue weighted by atomic mass is 19.1. The smallest absolute Gasteiger partial charge is 0.250 e. The number of nitrogens with zero attached hydrogens (tertiary/aromatic N) is 2. The second-order valence-electron chi connectivity index (χ2n) is 3.64. The number of benzene rings is 1. The number of hydrogen-bond acceptors (Lipinski definition) is 2. The van der Waals surface area contributed by atoms with Gasteiger partial charge in [0.2, 0.25) is 0 Å². The summed E-state index contributed by atoms with van der Waals surface area (Å²) < 4.78 is 15.4. The monoisotopic (exact) mass is 217 g/mol. The molecule has 2 N–H and O–H groups in total. The van der Waals surface area contributed by atoms with Gasteiger partial charge in [-0.15, -0.1) is 0 Å². The van der Waals surface area contributed by atoms with Crippen molar-refractivity contribution in [2.45, 2.75) is 6.17 Å². The molecule has 2 aromatic rings. The van der Waals surface area contributed by atoms with E-state index in [1.807, 2.05) is 0 Å². The highest BCUT2D eigenvalue weighted by Crippen LogP contribution is 2.39. The number of para-hydroxylation sites is 1. The molecule has 16 heavy (non-hydrogen) atoms. The molecule has 5 heteroatoms. The van der Waals surface area contributed by atoms with Crippen molar-refractivity contribution >= 4 is 5.91 Å². The zero-order valence-corrected chi connectivity index (χ0v) is 8.22. The molecule has 1 aliphatic heterocycles. The third-order valence-corrected chi connectivity index (χ3v) is 2.75. The summed E-state index contributed by atoms with van der Waals surface area (Å²) >= 11 is 0. The molecule has 0 saturated carbocycles. The topological polar surface area (TPSA) is 60.9 Å². The van der Waals surface area contributed by atoms with Gasteiger partial charge in [0.1, 0.15) is 0 Å². The zero-order chi connectivity index (χ0) is 11.3. The van der Waals surface area contributed by atoms with Gasteiger partial charge >= 0.3 is 0 Å². The maximum Gasteiger partial charge on any atom is 0.250 e. The Hall–Kier alpha value is -2.17. The summed E-state index contributed by atoms with van der Waals surface area (Å²) in [5, 5.41) is 4.00. The molecule has 4 nitrogen and oxygen atoms in total. The van der Waals surface area contributed by atoms with Crippen LogP contribution in [0.3, 0.4) is 0 Å². The van der Waals surface area contributed by atoms with E-state index >= 15 is 0 Å². The van der Waals surface area contributed by atoms with Crippen LogP contribution in [0.25, 0.3) is 5.69 Å². The minimum Gasteiger partial charge on any atom is -0.366 e. The van der Waals surface area contributed by atoms with E-state index in [1.54, 1.807) is 24.3 Å². The molecule has 0 saturated heterocycles. The molecular formula is C11H8FN3O. The molecule has 1 amide bonds. The van der Waals surface area contributed by atoms with Crippen molar-refractivity contribution in [2.24, 2.45) is 5.73 Å². The Morgan fingerprint density at radius 1 is 1.44 bits per heavy atom. The first-order valence-corrected chi connectivity index (χ1v) is 4.81. The molecule has 1 atom stereocenters. The van der Waals surface area contributed by atoms with Crippen LogP contribution in [0.5, 0.6) is 0 Å². The van der Waals surface area contributed by atoms with Crippen LogP contribution in [0, 0.1) is 0 Å². The summed E-state index contributed by atoms with van der Waals surface area (Å²) in [4.78, 5) is 11.3. The van der Waals surface area contributed by atoms with Crippen LogP contribution in [-0.2, 0) is 0 Å². The van der Waals surface area contributed by atoms with E-state index in [9.17, 15) is 9.18 Å². The summed E-state index contributed by atoms with van der Waals surface area (Å²) in [5.41, 5.74) is 6.89. The second kappa shape index (κ2) is 2.91. The number of alkyl halides is 1. The van der Waals surface area contributed by atoms with Crippen LogP contribution >= 0.6 is 0 Å². The molecule has 2 heterocycles. The van der Waals surface area contributed by atoms with Crippen molar-refractivity contribution < 1.29 is 9.18 Å². The van der Waals surface area contributed by atoms with Gasteiger partial charge in [0.25, 0.3) is 5.91 Å². The maximum atomic E-state index is 14.0. The van der Waals surface area contributed by atoms with Crippen molar-refractivity contribution in [3.8, 4) is 5.69 Å². The van der Waals surface area contributed by atoms with Crippen LogP contribution in [-0.4, -0.2) is 15.7 Å². The number of fused-ring (bicyclic) bond motifs is 3. The number of carbonyl (C=O) groups is 1. The van der Waals surface area contributed by atoms with Crippen molar-refractivity contribution in [3.05, 3.63) is 47.3 Å². The minimum absolute atomic E-state index is 0.294. The fourth-order valence-electron chi connectivity index (χ4n) is 2.05. The standard InChI is InChI=1S/C11H8FN3O/c12-9-6-2-1-3-7(11(13)16)10(6)15-8(9)4-5-14-15/h1-5,9H,(H2,13,16). The average Bonchev–Trinajstić information content (AvgIpc) is 2.83. The third kappa shape index (κ3) is 0.970. The number of amides is 1. The Kier molecular flexibility index (Phi) is 1.65. The second-order valence-corrected chi connectivity index (χ2v) is 3.64. The number of nitrogens with two attached hydrogens (primary N) is 1. The lowest BCUT2D eigenvalue weighted by Crippen LogP contribution is -2.14. The molecule has 0 aliphatic carbocycles. The summed E-state index contributed by atoms with van der Waals surface area (Å²) in [6.45, 7) is 0. The Morgan fingerprint density at radius 2 is 2.25 bits per heavy atom. The van der Waals surface area contributed by atoms with Gasteiger partial charge in [0, 0.05) is 11.8 Å². The van der Waals surface area contributed by atoms with E-state index in [2.05, 4.69) is 5.10 Å². The minimum atomic E-state index is -1.24. The first kappa shape index (κ1) is 9.08. The molecule has 3 rings (SSSR count). The SMILES string of the molecule is NC(=O)c1cccc2c1-n1nccc1C2F. The normalized spacial score (nSPS) is 16.9. The van der Waals surface area contributed by atoms with E-state index in [0.29, 0.717) is 22.5 Å². The van der Waals surface area contributed by atoms with Crippen LogP contribution in [0.2, 0.25) is 0 Å². The fourth-order valence-corrected chi connectivity index (χ4v) is 2.05. The number of aromatic nitrogens is 2. The van der Waals surface area contributed by atoms with E-state index in [0.717, 1.165) is 0 Å². The van der Waals surface area contributed by atoms with Gasteiger partial charge in [-0.1, -0.05) is 12.1 Å². The Morgan fingerprint density at radius 3 is 3.00 bits per heavy atom. The molecule has 0 bridgehead atoms. The Labute approximate surface area is 90.5 Å². The van der Waals surface area contributed by atoms with Crippen LogP contribution in [0.1, 0.15) is 27.8 Å². The largest absolute Gasteiger partial charge is 0.366 e. The lowest BCUT2D eigenvalue weighted by molar-refractivity contribution is 0.1000. The molecule has 0 radical (unpaired) electrons. The van der Waals surface area contributed by atoms with Gasteiger partial charge in [-0.2, -0.15) is 5.10 Å². The van der Waals surface area contributed by atoms with Crippen molar-refractivity contribution in [1.82, 2.24) is 9.78 Å². The summed E-state index contributed by atoms with van der Waals surface area (Å²) in [5.74, 6) is -0.576. The van der Waals surface area contributed by atoms with Gasteiger partial charge in [0.15, 0.2) is 6.17 Å². The Bertz CT molecular complexity index is 591. The lowest BCUT2D eigenvalue weighted by Gasteiger charge is -2.05. The van der Waals surface area contributed by atoms with E-state index in [4.69, 9.17) is 5.73 Å². The zero-order valence-electron chi connectivity index (χ0n) is 8.22. The van der Waals surface area contributed by atoms with Gasteiger partial charge in [-0.25, -0.2) is 9.07 Å². The third-order valence-electron chi connectivity index (χ3n) is 2.75. The molecular weight excluding hydrogens is 209 g/mol. The predicted molar refractivity (Wildman–Crippen MR) is 55.0 cm³/mol. The van der Waals surface area contributed by atoms with E-state index in [-0.39, 0.29) is 0 Å². The van der Waals surface area contributed by atoms with Gasteiger partial charge in [-0.3, -0.25) is 4.79 Å². The maximum absolute atomic E-state index is 14.0. The predicted octanol–water partition coefficient (Wildman–Crippen LogP) is 1.34. The first-order chi connectivity index (χ1) is 7.70. The van der Waals surface area contributed by atoms with Crippen LogP contribution in [0.4, 0.5) is 4.39 Å². The number of hydrogen-bond donors (Lipinski definition) is 1. The van der Waals surface area contributed by atoms with Crippen molar-refractivity contribution in [1.29, 1.82) is 0 Å². The van der Waals surface area contributed by atoms with Crippen molar-refractivity contribution in [3.63, 3.8) is 0 Å².